The second-order valence-corrected chi connectivity index (χ2v) is 6.03. The molecule has 0 atom stereocenters. The van der Waals surface area contributed by atoms with Crippen LogP contribution in [0.2, 0.25) is 0 Å². The number of hydrogen-bond donors (Lipinski definition) is 1. The highest BCUT2D eigenvalue weighted by atomic mass is 16.5. The lowest BCUT2D eigenvalue weighted by molar-refractivity contribution is 0.102. The first-order valence-electron chi connectivity index (χ1n) is 8.47. The molecule has 2 aromatic heterocycles. The Morgan fingerprint density at radius 1 is 1.07 bits per heavy atom. The van der Waals surface area contributed by atoms with Gasteiger partial charge in [-0.2, -0.15) is 0 Å². The van der Waals surface area contributed by atoms with Gasteiger partial charge in [-0.05, 0) is 42.8 Å². The Balaban J connectivity index is 1.49. The molecule has 6 nitrogen and oxygen atoms in total. The lowest BCUT2D eigenvalue weighted by Gasteiger charge is -2.09. The zero-order valence-electron chi connectivity index (χ0n) is 14.7. The Morgan fingerprint density at radius 3 is 2.74 bits per heavy atom. The van der Waals surface area contributed by atoms with E-state index in [0.717, 1.165) is 16.8 Å². The van der Waals surface area contributed by atoms with Gasteiger partial charge in [-0.15, -0.1) is 0 Å². The van der Waals surface area contributed by atoms with Crippen LogP contribution in [0, 0.1) is 6.92 Å². The van der Waals surface area contributed by atoms with Crippen molar-refractivity contribution < 1.29 is 13.9 Å². The Bertz CT molecular complexity index is 1100. The number of nitrogens with zero attached hydrogens (tertiary/aromatic N) is 2. The number of furan rings is 1. The van der Waals surface area contributed by atoms with Crippen LogP contribution in [-0.4, -0.2) is 15.9 Å². The maximum Gasteiger partial charge on any atom is 0.259 e. The number of anilines is 1. The van der Waals surface area contributed by atoms with Crippen LogP contribution in [-0.2, 0) is 6.61 Å². The van der Waals surface area contributed by atoms with Crippen molar-refractivity contribution in [2.24, 2.45) is 0 Å². The molecular weight excluding hydrogens is 342 g/mol. The molecule has 1 amide bonds. The van der Waals surface area contributed by atoms with Gasteiger partial charge in [0.1, 0.15) is 12.4 Å². The van der Waals surface area contributed by atoms with Crippen molar-refractivity contribution in [1.29, 1.82) is 0 Å². The SMILES string of the molecule is Cc1ccccc1OCc1occc1C(=O)Nc1ccc2nccnc2c1. The van der Waals surface area contributed by atoms with Crippen LogP contribution in [0.4, 0.5) is 5.69 Å². The summed E-state index contributed by atoms with van der Waals surface area (Å²) in [5.41, 5.74) is 3.58. The topological polar surface area (TPSA) is 77.2 Å². The summed E-state index contributed by atoms with van der Waals surface area (Å²) in [6, 6.07) is 14.7. The number of amides is 1. The molecule has 2 heterocycles. The summed E-state index contributed by atoms with van der Waals surface area (Å²) in [4.78, 5) is 21.1. The number of aromatic nitrogens is 2. The molecule has 0 saturated carbocycles. The van der Waals surface area contributed by atoms with Gasteiger partial charge < -0.3 is 14.5 Å². The number of carbonyl (C=O) groups is 1. The molecule has 27 heavy (non-hydrogen) atoms. The smallest absolute Gasteiger partial charge is 0.259 e. The van der Waals surface area contributed by atoms with Gasteiger partial charge in [0.05, 0.1) is 22.9 Å². The van der Waals surface area contributed by atoms with Gasteiger partial charge in [0.2, 0.25) is 0 Å². The van der Waals surface area contributed by atoms with Crippen molar-refractivity contribution in [1.82, 2.24) is 9.97 Å². The molecule has 6 heteroatoms. The molecule has 134 valence electrons. The molecule has 0 bridgehead atoms. The third-order valence-corrected chi connectivity index (χ3v) is 4.17. The van der Waals surface area contributed by atoms with E-state index in [9.17, 15) is 4.79 Å². The molecule has 0 spiro atoms. The minimum atomic E-state index is -0.268. The molecule has 4 aromatic rings. The van der Waals surface area contributed by atoms with Gasteiger partial charge in [-0.3, -0.25) is 14.8 Å². The predicted molar refractivity (Wildman–Crippen MR) is 102 cm³/mol. The van der Waals surface area contributed by atoms with Crippen LogP contribution in [0.3, 0.4) is 0 Å². The first-order chi connectivity index (χ1) is 13.2. The third-order valence-electron chi connectivity index (χ3n) is 4.17. The molecule has 0 aliphatic carbocycles. The molecule has 0 saturated heterocycles. The fourth-order valence-corrected chi connectivity index (χ4v) is 2.76. The third kappa shape index (κ3) is 3.64. The minimum Gasteiger partial charge on any atom is -0.485 e. The van der Waals surface area contributed by atoms with Crippen LogP contribution in [0.25, 0.3) is 11.0 Å². The zero-order chi connectivity index (χ0) is 18.6. The maximum atomic E-state index is 12.6. The van der Waals surface area contributed by atoms with Crippen molar-refractivity contribution in [3.63, 3.8) is 0 Å². The number of rotatable bonds is 5. The highest BCUT2D eigenvalue weighted by Gasteiger charge is 2.16. The maximum absolute atomic E-state index is 12.6. The summed E-state index contributed by atoms with van der Waals surface area (Å²) in [7, 11) is 0. The first kappa shape index (κ1) is 16.8. The fraction of sp³-hybridized carbons (Fsp3) is 0.0952. The van der Waals surface area contributed by atoms with Crippen molar-refractivity contribution in [2.75, 3.05) is 5.32 Å². The first-order valence-corrected chi connectivity index (χ1v) is 8.47. The predicted octanol–water partition coefficient (Wildman–Crippen LogP) is 4.36. The summed E-state index contributed by atoms with van der Waals surface area (Å²) in [6.07, 6.45) is 4.73. The largest absolute Gasteiger partial charge is 0.485 e. The summed E-state index contributed by atoms with van der Waals surface area (Å²) < 4.78 is 11.2. The highest BCUT2D eigenvalue weighted by molar-refractivity contribution is 6.05. The summed E-state index contributed by atoms with van der Waals surface area (Å²) in [5.74, 6) is 0.958. The molecule has 0 fully saturated rings. The van der Waals surface area contributed by atoms with E-state index in [-0.39, 0.29) is 12.5 Å². The van der Waals surface area contributed by atoms with Crippen LogP contribution in [0.15, 0.2) is 71.6 Å². The number of fused-ring (bicyclic) bond motifs is 1. The minimum absolute atomic E-state index is 0.170. The van der Waals surface area contributed by atoms with E-state index in [1.165, 1.54) is 6.26 Å². The summed E-state index contributed by atoms with van der Waals surface area (Å²) >= 11 is 0. The van der Waals surface area contributed by atoms with Gasteiger partial charge in [0, 0.05) is 18.1 Å². The molecule has 2 aromatic carbocycles. The van der Waals surface area contributed by atoms with Crippen molar-refractivity contribution in [3.05, 3.63) is 84.1 Å². The molecule has 1 N–H and O–H groups in total. The van der Waals surface area contributed by atoms with Crippen molar-refractivity contribution in [3.8, 4) is 5.75 Å². The molecule has 0 aliphatic heterocycles. The average Bonchev–Trinajstić information content (AvgIpc) is 3.16. The molecule has 0 unspecified atom stereocenters. The van der Waals surface area contributed by atoms with Gasteiger partial charge in [0.15, 0.2) is 5.76 Å². The number of aryl methyl sites for hydroxylation is 1. The second-order valence-electron chi connectivity index (χ2n) is 6.03. The van der Waals surface area contributed by atoms with Crippen molar-refractivity contribution >= 4 is 22.6 Å². The van der Waals surface area contributed by atoms with Crippen LogP contribution in [0.1, 0.15) is 21.7 Å². The standard InChI is InChI=1S/C21H17N3O3/c1-14-4-2-3-5-19(14)27-13-20-16(8-11-26-20)21(25)24-15-6-7-17-18(12-15)23-10-9-22-17/h2-12H,13H2,1H3,(H,24,25). The van der Waals surface area contributed by atoms with E-state index in [4.69, 9.17) is 9.15 Å². The summed E-state index contributed by atoms with van der Waals surface area (Å²) in [6.45, 7) is 2.14. The number of hydrogen-bond acceptors (Lipinski definition) is 5. The quantitative estimate of drug-likeness (QED) is 0.573. The molecular formula is C21H17N3O3. The molecule has 4 rings (SSSR count). The van der Waals surface area contributed by atoms with E-state index in [1.54, 1.807) is 30.6 Å². The fourth-order valence-electron chi connectivity index (χ4n) is 2.76. The Kier molecular flexibility index (Phi) is 4.53. The molecule has 0 radical (unpaired) electrons. The van der Waals surface area contributed by atoms with Gasteiger partial charge in [0.25, 0.3) is 5.91 Å². The lowest BCUT2D eigenvalue weighted by atomic mass is 10.2. The zero-order valence-corrected chi connectivity index (χ0v) is 14.7. The van der Waals surface area contributed by atoms with Crippen LogP contribution >= 0.6 is 0 Å². The number of benzene rings is 2. The van der Waals surface area contributed by atoms with E-state index in [0.29, 0.717) is 22.5 Å². The summed E-state index contributed by atoms with van der Waals surface area (Å²) in [5, 5.41) is 2.86. The molecule has 0 aliphatic rings. The van der Waals surface area contributed by atoms with Crippen molar-refractivity contribution in [2.45, 2.75) is 13.5 Å². The van der Waals surface area contributed by atoms with Crippen LogP contribution in [0.5, 0.6) is 5.75 Å². The Morgan fingerprint density at radius 2 is 1.89 bits per heavy atom. The van der Waals surface area contributed by atoms with E-state index < -0.39 is 0 Å². The number of nitrogens with one attached hydrogen (secondary N) is 1. The van der Waals surface area contributed by atoms with E-state index >= 15 is 0 Å². The van der Waals surface area contributed by atoms with E-state index in [1.807, 2.05) is 37.3 Å². The number of carbonyl (C=O) groups excluding carboxylic acids is 1. The lowest BCUT2D eigenvalue weighted by Crippen LogP contribution is -2.13. The van der Waals surface area contributed by atoms with E-state index in [2.05, 4.69) is 15.3 Å². The number of ether oxygens (including phenoxy) is 1. The monoisotopic (exact) mass is 359 g/mol. The van der Waals surface area contributed by atoms with Gasteiger partial charge >= 0.3 is 0 Å². The second kappa shape index (κ2) is 7.29. The average molecular weight is 359 g/mol. The Labute approximate surface area is 155 Å². The van der Waals surface area contributed by atoms with Gasteiger partial charge in [-0.1, -0.05) is 18.2 Å². The number of para-hydroxylation sites is 1. The highest BCUT2D eigenvalue weighted by Crippen LogP contribution is 2.21. The normalized spacial score (nSPS) is 10.7. The Hall–Kier alpha value is -3.67. The van der Waals surface area contributed by atoms with Crippen LogP contribution < -0.4 is 10.1 Å². The van der Waals surface area contributed by atoms with Gasteiger partial charge in [-0.25, -0.2) is 0 Å².